The van der Waals surface area contributed by atoms with Gasteiger partial charge in [0.05, 0.1) is 13.2 Å². The number of hydrogen-bond donors (Lipinski definition) is 0. The lowest BCUT2D eigenvalue weighted by atomic mass is 10.3. The van der Waals surface area contributed by atoms with E-state index in [4.69, 9.17) is 31.6 Å². The van der Waals surface area contributed by atoms with Crippen molar-refractivity contribution < 1.29 is 9.47 Å². The fourth-order valence-electron chi connectivity index (χ4n) is 0.842. The summed E-state index contributed by atoms with van der Waals surface area (Å²) in [5.41, 5.74) is 0. The molecule has 1 unspecified atom stereocenters. The van der Waals surface area contributed by atoms with Crippen molar-refractivity contribution in [2.75, 3.05) is 19.8 Å². The molecule has 1 rings (SSSR count). The van der Waals surface area contributed by atoms with Crippen LogP contribution in [0.3, 0.4) is 0 Å². The molecule has 0 aromatic carbocycles. The van der Waals surface area contributed by atoms with Crippen LogP contribution in [0, 0.1) is 0 Å². The summed E-state index contributed by atoms with van der Waals surface area (Å²) in [6, 6.07) is 0.955. The van der Waals surface area contributed by atoms with Gasteiger partial charge >= 0.3 is 0 Å². The molecule has 71 valence electrons. The molecule has 0 aromatic heterocycles. The molecule has 0 aliphatic carbocycles. The van der Waals surface area contributed by atoms with E-state index < -0.39 is 7.42 Å². The van der Waals surface area contributed by atoms with Gasteiger partial charge in [0.25, 0.3) is 7.42 Å². The van der Waals surface area contributed by atoms with Gasteiger partial charge in [0.2, 0.25) is 0 Å². The first kappa shape index (κ1) is 10.8. The van der Waals surface area contributed by atoms with Crippen LogP contribution >= 0.6 is 22.2 Å². The summed E-state index contributed by atoms with van der Waals surface area (Å²) in [5.74, 6) is 0. The smallest absolute Gasteiger partial charge is 0.273 e. The number of rotatable bonds is 7. The third-order valence-electron chi connectivity index (χ3n) is 1.61. The van der Waals surface area contributed by atoms with Crippen molar-refractivity contribution in [3.05, 3.63) is 0 Å². The molecule has 0 spiro atoms. The largest absolute Gasteiger partial charge is 0.379 e. The van der Waals surface area contributed by atoms with Crippen molar-refractivity contribution in [3.8, 4) is 0 Å². The van der Waals surface area contributed by atoms with E-state index in [1.165, 1.54) is 0 Å². The van der Waals surface area contributed by atoms with E-state index in [-0.39, 0.29) is 0 Å². The average Bonchev–Trinajstić information content (AvgIpc) is 2.79. The van der Waals surface area contributed by atoms with Crippen molar-refractivity contribution in [1.29, 1.82) is 0 Å². The minimum absolute atomic E-state index is 0.380. The number of ether oxygens (including phenoxy) is 2. The van der Waals surface area contributed by atoms with Crippen molar-refractivity contribution in [2.24, 2.45) is 0 Å². The lowest BCUT2D eigenvalue weighted by molar-refractivity contribution is 0.114. The molecule has 1 atom stereocenters. The molecule has 1 radical (unpaired) electrons. The number of hydrogen-bond acceptors (Lipinski definition) is 2. The van der Waals surface area contributed by atoms with Gasteiger partial charge in [-0.3, -0.25) is 0 Å². The molecule has 1 aliphatic rings. The Balaban J connectivity index is 1.70. The monoisotopic (exact) mass is 227 g/mol. The molecule has 5 heteroatoms. The quantitative estimate of drug-likeness (QED) is 0.288. The molecule has 0 amide bonds. The first-order chi connectivity index (χ1) is 5.79. The van der Waals surface area contributed by atoms with E-state index >= 15 is 0 Å². The third kappa shape index (κ3) is 6.26. The Hall–Kier alpha value is 0.717. The highest BCUT2D eigenvalue weighted by Crippen LogP contribution is 2.10. The fourth-order valence-corrected chi connectivity index (χ4v) is 2.16. The molecule has 12 heavy (non-hydrogen) atoms. The summed E-state index contributed by atoms with van der Waals surface area (Å²) in [6.45, 7) is 2.43. The zero-order valence-corrected chi connectivity index (χ0v) is 9.40. The summed E-state index contributed by atoms with van der Waals surface area (Å²) >= 11 is 11.3. The summed E-state index contributed by atoms with van der Waals surface area (Å²) in [6.07, 6.45) is 2.51. The van der Waals surface area contributed by atoms with Crippen LogP contribution in [0.15, 0.2) is 0 Å². The lowest BCUT2D eigenvalue weighted by Gasteiger charge is -2.01. The molecule has 1 saturated heterocycles. The molecule has 1 heterocycles. The maximum Gasteiger partial charge on any atom is 0.273 e. The Morgan fingerprint density at radius 3 is 2.75 bits per heavy atom. The third-order valence-corrected chi connectivity index (χ3v) is 3.48. The highest BCUT2D eigenvalue weighted by atomic mass is 35.7. The maximum atomic E-state index is 5.66. The van der Waals surface area contributed by atoms with Gasteiger partial charge in [0.15, 0.2) is 0 Å². The minimum Gasteiger partial charge on any atom is -0.379 e. The van der Waals surface area contributed by atoms with Gasteiger partial charge in [-0.05, 0) is 12.5 Å². The first-order valence-corrected chi connectivity index (χ1v) is 7.88. The zero-order valence-electron chi connectivity index (χ0n) is 6.89. The molecule has 2 nitrogen and oxygen atoms in total. The van der Waals surface area contributed by atoms with Crippen LogP contribution < -0.4 is 0 Å². The molecule has 0 aromatic rings. The summed E-state index contributed by atoms with van der Waals surface area (Å²) in [7, 11) is -1.06. The van der Waals surface area contributed by atoms with E-state index in [9.17, 15) is 0 Å². The zero-order chi connectivity index (χ0) is 8.81. The summed E-state index contributed by atoms with van der Waals surface area (Å²) < 4.78 is 10.3. The Morgan fingerprint density at radius 2 is 2.17 bits per heavy atom. The van der Waals surface area contributed by atoms with E-state index in [2.05, 4.69) is 0 Å². The van der Waals surface area contributed by atoms with Gasteiger partial charge in [-0.25, -0.2) is 0 Å². The van der Waals surface area contributed by atoms with Gasteiger partial charge in [0.1, 0.15) is 6.10 Å². The van der Waals surface area contributed by atoms with Crippen LogP contribution in [0.5, 0.6) is 0 Å². The van der Waals surface area contributed by atoms with Gasteiger partial charge in [-0.2, -0.15) is 0 Å². The van der Waals surface area contributed by atoms with Crippen LogP contribution in [0.4, 0.5) is 0 Å². The van der Waals surface area contributed by atoms with Crippen molar-refractivity contribution in [3.63, 3.8) is 0 Å². The van der Waals surface area contributed by atoms with E-state index in [1.54, 1.807) is 0 Å². The highest BCUT2D eigenvalue weighted by molar-refractivity contribution is 7.33. The lowest BCUT2D eigenvalue weighted by Crippen LogP contribution is -2.03. The van der Waals surface area contributed by atoms with Crippen LogP contribution in [-0.2, 0) is 9.47 Å². The maximum absolute atomic E-state index is 5.66. The van der Waals surface area contributed by atoms with Gasteiger partial charge in [-0.1, -0.05) is 6.42 Å². The molecular formula is C7H13Cl2O2Si. The Morgan fingerprint density at radius 1 is 1.42 bits per heavy atom. The first-order valence-electron chi connectivity index (χ1n) is 4.15. The Kier molecular flexibility index (Phi) is 5.59. The number of unbranched alkanes of at least 4 members (excludes halogenated alkanes) is 1. The number of halogens is 2. The van der Waals surface area contributed by atoms with E-state index in [0.29, 0.717) is 6.10 Å². The van der Waals surface area contributed by atoms with Crippen LogP contribution in [0.25, 0.3) is 0 Å². The van der Waals surface area contributed by atoms with Crippen LogP contribution in [-0.4, -0.2) is 33.3 Å². The highest BCUT2D eigenvalue weighted by Gasteiger charge is 2.21. The predicted molar refractivity (Wildman–Crippen MR) is 52.1 cm³/mol. The normalized spacial score (nSPS) is 21.8. The number of epoxide rings is 1. The average molecular weight is 228 g/mol. The molecule has 0 bridgehead atoms. The van der Waals surface area contributed by atoms with Crippen LogP contribution in [0.1, 0.15) is 12.8 Å². The summed E-state index contributed by atoms with van der Waals surface area (Å²) in [4.78, 5) is 0. The topological polar surface area (TPSA) is 21.8 Å². The molecule has 0 N–H and O–H groups in total. The van der Waals surface area contributed by atoms with E-state index in [0.717, 1.165) is 38.7 Å². The fraction of sp³-hybridized carbons (Fsp3) is 1.00. The standard InChI is InChI=1S/C7H13Cl2O2Si/c8-12(9)4-2-1-3-10-5-7-6-11-7/h7H,1-6H2. The van der Waals surface area contributed by atoms with Gasteiger partial charge in [-0.15, -0.1) is 22.2 Å². The summed E-state index contributed by atoms with van der Waals surface area (Å²) in [5, 5.41) is 0. The SMILES string of the molecule is Cl[Si](Cl)CCCCOCC1CO1. The van der Waals surface area contributed by atoms with Crippen LogP contribution in [0.2, 0.25) is 6.04 Å². The van der Waals surface area contributed by atoms with Crippen molar-refractivity contribution >= 4 is 29.6 Å². The Labute approximate surface area is 84.1 Å². The second-order valence-corrected chi connectivity index (χ2v) is 7.32. The second kappa shape index (κ2) is 6.21. The molecular weight excluding hydrogens is 215 g/mol. The molecule has 1 aliphatic heterocycles. The van der Waals surface area contributed by atoms with Crippen molar-refractivity contribution in [1.82, 2.24) is 0 Å². The minimum atomic E-state index is -1.06. The van der Waals surface area contributed by atoms with E-state index in [1.807, 2.05) is 0 Å². The van der Waals surface area contributed by atoms with Crippen molar-refractivity contribution in [2.45, 2.75) is 25.0 Å². The second-order valence-electron chi connectivity index (χ2n) is 2.83. The van der Waals surface area contributed by atoms with Gasteiger partial charge < -0.3 is 9.47 Å². The van der Waals surface area contributed by atoms with Gasteiger partial charge in [0, 0.05) is 6.61 Å². The Bertz CT molecular complexity index is 114. The molecule has 0 saturated carbocycles. The predicted octanol–water partition coefficient (Wildman–Crippen LogP) is 2.15. The molecule has 1 fully saturated rings.